The molecule has 0 aliphatic carbocycles. The number of carbonyl (C=O) groups is 2. The number of amides is 2. The number of rotatable bonds is 8. The minimum atomic E-state index is -0.493. The standard InChI is InChI=1S/C27H38N4O3/c1-19(2)10-11-28-26(33)23-17-29(16-20(3)4)18-24(25(23)32)27(34)31-14-12-30(13-15-31)22-8-6-21(5)7-9-22/h6-9,17-20H,10-16H2,1-5H3,(H,28,33). The van der Waals surface area contributed by atoms with Crippen LogP contribution in [0.15, 0.2) is 41.5 Å². The van der Waals surface area contributed by atoms with Crippen molar-refractivity contribution in [1.82, 2.24) is 14.8 Å². The summed E-state index contributed by atoms with van der Waals surface area (Å²) in [5.41, 5.74) is 1.96. The highest BCUT2D eigenvalue weighted by atomic mass is 16.2. The molecule has 7 nitrogen and oxygen atoms in total. The molecule has 1 aromatic carbocycles. The fourth-order valence-electron chi connectivity index (χ4n) is 4.14. The lowest BCUT2D eigenvalue weighted by molar-refractivity contribution is 0.0744. The van der Waals surface area contributed by atoms with Crippen LogP contribution in [-0.4, -0.2) is 54.0 Å². The fourth-order valence-corrected chi connectivity index (χ4v) is 4.14. The van der Waals surface area contributed by atoms with E-state index in [0.29, 0.717) is 51.1 Å². The van der Waals surface area contributed by atoms with Gasteiger partial charge in [0.15, 0.2) is 0 Å². The summed E-state index contributed by atoms with van der Waals surface area (Å²) < 4.78 is 1.80. The van der Waals surface area contributed by atoms with Crippen LogP contribution in [-0.2, 0) is 6.54 Å². The van der Waals surface area contributed by atoms with E-state index in [1.165, 1.54) is 5.56 Å². The molecule has 1 aromatic heterocycles. The summed E-state index contributed by atoms with van der Waals surface area (Å²) in [6, 6.07) is 8.36. The number of aryl methyl sites for hydroxylation is 1. The van der Waals surface area contributed by atoms with Crippen LogP contribution in [0, 0.1) is 18.8 Å². The molecule has 2 heterocycles. The molecule has 1 fully saturated rings. The van der Waals surface area contributed by atoms with Crippen molar-refractivity contribution in [2.24, 2.45) is 11.8 Å². The Labute approximate surface area is 202 Å². The fraction of sp³-hybridized carbons (Fsp3) is 0.519. The highest BCUT2D eigenvalue weighted by molar-refractivity contribution is 5.99. The highest BCUT2D eigenvalue weighted by Crippen LogP contribution is 2.18. The van der Waals surface area contributed by atoms with Gasteiger partial charge < -0.3 is 19.7 Å². The van der Waals surface area contributed by atoms with Crippen molar-refractivity contribution >= 4 is 17.5 Å². The van der Waals surface area contributed by atoms with Gasteiger partial charge in [0.2, 0.25) is 5.43 Å². The van der Waals surface area contributed by atoms with Gasteiger partial charge in [-0.3, -0.25) is 14.4 Å². The molecule has 7 heteroatoms. The van der Waals surface area contributed by atoms with Crippen LogP contribution in [0.2, 0.25) is 0 Å². The van der Waals surface area contributed by atoms with Gasteiger partial charge in [0.05, 0.1) is 0 Å². The molecule has 0 radical (unpaired) electrons. The average molecular weight is 467 g/mol. The molecule has 0 spiro atoms. The SMILES string of the molecule is Cc1ccc(N2CCN(C(=O)c3cn(CC(C)C)cc(C(=O)NCCC(C)C)c3=O)CC2)cc1. The van der Waals surface area contributed by atoms with Crippen LogP contribution in [0.3, 0.4) is 0 Å². The van der Waals surface area contributed by atoms with E-state index >= 15 is 0 Å². The van der Waals surface area contributed by atoms with Crippen LogP contribution in [0.1, 0.15) is 60.4 Å². The molecule has 1 aliphatic rings. The molecule has 2 amide bonds. The first-order valence-corrected chi connectivity index (χ1v) is 12.3. The molecular weight excluding hydrogens is 428 g/mol. The molecule has 3 rings (SSSR count). The predicted octanol–water partition coefficient (Wildman–Crippen LogP) is 3.55. The van der Waals surface area contributed by atoms with Crippen LogP contribution < -0.4 is 15.6 Å². The molecule has 2 aromatic rings. The van der Waals surface area contributed by atoms with Crippen molar-refractivity contribution in [3.63, 3.8) is 0 Å². The first-order chi connectivity index (χ1) is 16.2. The lowest BCUT2D eigenvalue weighted by atomic mass is 10.1. The number of anilines is 1. The zero-order valence-electron chi connectivity index (χ0n) is 21.1. The van der Waals surface area contributed by atoms with Crippen molar-refractivity contribution in [2.45, 2.75) is 47.6 Å². The van der Waals surface area contributed by atoms with Gasteiger partial charge in [-0.05, 0) is 37.3 Å². The molecule has 1 saturated heterocycles. The Balaban J connectivity index is 1.79. The Morgan fingerprint density at radius 1 is 0.912 bits per heavy atom. The maximum Gasteiger partial charge on any atom is 0.259 e. The number of hydrogen-bond acceptors (Lipinski definition) is 4. The van der Waals surface area contributed by atoms with E-state index in [1.54, 1.807) is 21.9 Å². The second-order valence-electron chi connectivity index (χ2n) is 10.1. The summed E-state index contributed by atoms with van der Waals surface area (Å²) in [6.45, 7) is 13.9. The first kappa shape index (κ1) is 25.5. The van der Waals surface area contributed by atoms with E-state index in [1.807, 2.05) is 0 Å². The van der Waals surface area contributed by atoms with Crippen LogP contribution >= 0.6 is 0 Å². The Morgan fingerprint density at radius 2 is 1.53 bits per heavy atom. The smallest absolute Gasteiger partial charge is 0.259 e. The van der Waals surface area contributed by atoms with E-state index in [2.05, 4.69) is 69.1 Å². The molecule has 0 atom stereocenters. The number of pyridine rings is 1. The zero-order valence-corrected chi connectivity index (χ0v) is 21.1. The molecule has 0 bridgehead atoms. The molecule has 1 N–H and O–H groups in total. The monoisotopic (exact) mass is 466 g/mol. The maximum atomic E-state index is 13.4. The minimum absolute atomic E-state index is 0.0357. The van der Waals surface area contributed by atoms with E-state index in [0.717, 1.165) is 12.1 Å². The normalized spacial score (nSPS) is 14.1. The van der Waals surface area contributed by atoms with Gasteiger partial charge in [-0.25, -0.2) is 0 Å². The predicted molar refractivity (Wildman–Crippen MR) is 137 cm³/mol. The van der Waals surface area contributed by atoms with Crippen LogP contribution in [0.5, 0.6) is 0 Å². The van der Waals surface area contributed by atoms with Crippen molar-refractivity contribution in [1.29, 1.82) is 0 Å². The van der Waals surface area contributed by atoms with Gasteiger partial charge in [-0.2, -0.15) is 0 Å². The summed E-state index contributed by atoms with van der Waals surface area (Å²) >= 11 is 0. The number of nitrogens with one attached hydrogen (secondary N) is 1. The Hall–Kier alpha value is -3.09. The number of piperazine rings is 1. The molecule has 1 aliphatic heterocycles. The summed E-state index contributed by atoms with van der Waals surface area (Å²) in [7, 11) is 0. The van der Waals surface area contributed by atoms with E-state index < -0.39 is 11.3 Å². The third kappa shape index (κ3) is 6.49. The molecular formula is C27H38N4O3. The molecule has 34 heavy (non-hydrogen) atoms. The molecule has 0 saturated carbocycles. The van der Waals surface area contributed by atoms with E-state index in [-0.39, 0.29) is 17.0 Å². The van der Waals surface area contributed by atoms with E-state index in [9.17, 15) is 14.4 Å². The second-order valence-corrected chi connectivity index (χ2v) is 10.1. The van der Waals surface area contributed by atoms with Crippen molar-refractivity contribution in [3.8, 4) is 0 Å². The number of benzene rings is 1. The van der Waals surface area contributed by atoms with Crippen molar-refractivity contribution < 1.29 is 9.59 Å². The largest absolute Gasteiger partial charge is 0.368 e. The minimum Gasteiger partial charge on any atom is -0.368 e. The number of carbonyl (C=O) groups excluding carboxylic acids is 2. The van der Waals surface area contributed by atoms with Crippen molar-refractivity contribution in [2.75, 3.05) is 37.6 Å². The van der Waals surface area contributed by atoms with Gasteiger partial charge in [0.25, 0.3) is 11.8 Å². The zero-order chi connectivity index (χ0) is 24.8. The third-order valence-corrected chi connectivity index (χ3v) is 6.10. The number of hydrogen-bond donors (Lipinski definition) is 1. The molecule has 0 unspecified atom stereocenters. The Kier molecular flexibility index (Phi) is 8.53. The number of nitrogens with zero attached hydrogens (tertiary/aromatic N) is 3. The summed E-state index contributed by atoms with van der Waals surface area (Å²) in [4.78, 5) is 43.4. The average Bonchev–Trinajstić information content (AvgIpc) is 2.79. The summed E-state index contributed by atoms with van der Waals surface area (Å²) in [6.07, 6.45) is 4.02. The highest BCUT2D eigenvalue weighted by Gasteiger charge is 2.26. The van der Waals surface area contributed by atoms with Gasteiger partial charge >= 0.3 is 0 Å². The maximum absolute atomic E-state index is 13.4. The Morgan fingerprint density at radius 3 is 2.12 bits per heavy atom. The van der Waals surface area contributed by atoms with Crippen LogP contribution in [0.4, 0.5) is 5.69 Å². The number of aromatic nitrogens is 1. The van der Waals surface area contributed by atoms with Gasteiger partial charge in [0.1, 0.15) is 11.1 Å². The van der Waals surface area contributed by atoms with Gasteiger partial charge in [-0.1, -0.05) is 45.4 Å². The quantitative estimate of drug-likeness (QED) is 0.646. The topological polar surface area (TPSA) is 74.7 Å². The van der Waals surface area contributed by atoms with Crippen molar-refractivity contribution in [3.05, 3.63) is 63.6 Å². The molecule has 184 valence electrons. The lowest BCUT2D eigenvalue weighted by Gasteiger charge is -2.36. The summed E-state index contributed by atoms with van der Waals surface area (Å²) in [5, 5.41) is 2.84. The first-order valence-electron chi connectivity index (χ1n) is 12.3. The van der Waals surface area contributed by atoms with Gasteiger partial charge in [-0.15, -0.1) is 0 Å². The lowest BCUT2D eigenvalue weighted by Crippen LogP contribution is -2.50. The summed E-state index contributed by atoms with van der Waals surface area (Å²) in [5.74, 6) is 0.0367. The van der Waals surface area contributed by atoms with E-state index in [4.69, 9.17) is 0 Å². The Bertz CT molecular complexity index is 1050. The van der Waals surface area contributed by atoms with Crippen LogP contribution in [0.25, 0.3) is 0 Å². The van der Waals surface area contributed by atoms with Gasteiger partial charge in [0, 0.05) is 57.3 Å². The second kappa shape index (κ2) is 11.4. The third-order valence-electron chi connectivity index (χ3n) is 6.10.